The maximum absolute atomic E-state index is 12.4. The predicted molar refractivity (Wildman–Crippen MR) is 91.2 cm³/mol. The third-order valence-corrected chi connectivity index (χ3v) is 5.89. The highest BCUT2D eigenvalue weighted by atomic mass is 16.2. The Morgan fingerprint density at radius 3 is 2.57 bits per heavy atom. The molecule has 23 heavy (non-hydrogen) atoms. The molecule has 1 aromatic heterocycles. The second-order valence-corrected chi connectivity index (χ2v) is 7.08. The van der Waals surface area contributed by atoms with Crippen LogP contribution >= 0.6 is 0 Å². The van der Waals surface area contributed by atoms with E-state index in [0.717, 1.165) is 38.0 Å². The molecule has 128 valence electrons. The third-order valence-electron chi connectivity index (χ3n) is 5.89. The fourth-order valence-electron chi connectivity index (χ4n) is 4.26. The number of imidazole rings is 1. The number of nitrogens with zero attached hydrogens (tertiary/aromatic N) is 3. The number of amides is 1. The molecule has 0 atom stereocenters. The van der Waals surface area contributed by atoms with Crippen molar-refractivity contribution < 1.29 is 4.79 Å². The van der Waals surface area contributed by atoms with Gasteiger partial charge in [0.05, 0.1) is 6.33 Å². The average molecular weight is 318 g/mol. The van der Waals surface area contributed by atoms with Crippen LogP contribution in [0.4, 0.5) is 0 Å². The van der Waals surface area contributed by atoms with Crippen molar-refractivity contribution in [3.8, 4) is 0 Å². The van der Waals surface area contributed by atoms with Gasteiger partial charge in [-0.1, -0.05) is 13.3 Å². The highest BCUT2D eigenvalue weighted by molar-refractivity contribution is 5.76. The van der Waals surface area contributed by atoms with E-state index in [0.29, 0.717) is 17.9 Å². The van der Waals surface area contributed by atoms with E-state index >= 15 is 0 Å². The van der Waals surface area contributed by atoms with E-state index in [4.69, 9.17) is 0 Å². The molecule has 3 heterocycles. The van der Waals surface area contributed by atoms with Gasteiger partial charge in [0.15, 0.2) is 0 Å². The van der Waals surface area contributed by atoms with Crippen molar-refractivity contribution >= 4 is 5.91 Å². The number of hydrogen-bond donors (Lipinski definition) is 1. The molecule has 0 saturated carbocycles. The molecule has 1 aromatic rings. The second-order valence-electron chi connectivity index (χ2n) is 7.08. The van der Waals surface area contributed by atoms with E-state index in [1.807, 2.05) is 6.20 Å². The van der Waals surface area contributed by atoms with E-state index < -0.39 is 0 Å². The van der Waals surface area contributed by atoms with Gasteiger partial charge in [-0.25, -0.2) is 4.98 Å². The fourth-order valence-corrected chi connectivity index (χ4v) is 4.26. The summed E-state index contributed by atoms with van der Waals surface area (Å²) in [4.78, 5) is 24.3. The molecule has 3 rings (SSSR count). The summed E-state index contributed by atoms with van der Waals surface area (Å²) in [6, 6.07) is 0. The normalized spacial score (nSPS) is 22.2. The Kier molecular flexibility index (Phi) is 5.36. The quantitative estimate of drug-likeness (QED) is 0.908. The number of H-pyrrole nitrogens is 1. The minimum Gasteiger partial charge on any atom is -0.348 e. The van der Waals surface area contributed by atoms with Gasteiger partial charge >= 0.3 is 0 Å². The molecule has 2 aliphatic heterocycles. The molecule has 2 saturated heterocycles. The molecule has 0 bridgehead atoms. The number of carbonyl (C=O) groups excluding carboxylic acids is 1. The van der Waals surface area contributed by atoms with Gasteiger partial charge in [0, 0.05) is 36.9 Å². The van der Waals surface area contributed by atoms with Gasteiger partial charge in [-0.05, 0) is 51.6 Å². The van der Waals surface area contributed by atoms with Gasteiger partial charge in [0.25, 0.3) is 0 Å². The van der Waals surface area contributed by atoms with Crippen LogP contribution < -0.4 is 0 Å². The van der Waals surface area contributed by atoms with Gasteiger partial charge < -0.3 is 9.88 Å². The largest absolute Gasteiger partial charge is 0.348 e. The zero-order chi connectivity index (χ0) is 16.1. The number of aromatic amines is 1. The van der Waals surface area contributed by atoms with Crippen LogP contribution in [0.3, 0.4) is 0 Å². The van der Waals surface area contributed by atoms with Crippen LogP contribution in [0.25, 0.3) is 0 Å². The lowest BCUT2D eigenvalue weighted by atomic mass is 9.82. The predicted octanol–water partition coefficient (Wildman–Crippen LogP) is 2.60. The number of rotatable bonds is 5. The van der Waals surface area contributed by atoms with Crippen molar-refractivity contribution in [1.82, 2.24) is 19.8 Å². The van der Waals surface area contributed by atoms with Crippen LogP contribution in [0.5, 0.6) is 0 Å². The lowest BCUT2D eigenvalue weighted by Gasteiger charge is -2.50. The van der Waals surface area contributed by atoms with Gasteiger partial charge in [0.1, 0.15) is 0 Å². The van der Waals surface area contributed by atoms with E-state index in [1.165, 1.54) is 38.8 Å². The van der Waals surface area contributed by atoms with Gasteiger partial charge in [0.2, 0.25) is 5.91 Å². The molecule has 2 aliphatic rings. The molecule has 0 spiro atoms. The van der Waals surface area contributed by atoms with Gasteiger partial charge in [-0.2, -0.15) is 0 Å². The van der Waals surface area contributed by atoms with Crippen molar-refractivity contribution in [2.75, 3.05) is 26.2 Å². The van der Waals surface area contributed by atoms with Crippen LogP contribution in [0.15, 0.2) is 12.5 Å². The second kappa shape index (κ2) is 7.47. The number of nitrogens with one attached hydrogen (secondary N) is 1. The third kappa shape index (κ3) is 3.77. The summed E-state index contributed by atoms with van der Waals surface area (Å²) in [5.74, 6) is 0.294. The average Bonchev–Trinajstić information content (AvgIpc) is 3.14. The Morgan fingerprint density at radius 1 is 1.22 bits per heavy atom. The maximum atomic E-state index is 12.4. The Balaban J connectivity index is 1.51. The molecule has 0 radical (unpaired) electrons. The van der Waals surface area contributed by atoms with Crippen LogP contribution in [0.2, 0.25) is 0 Å². The molecular formula is C18H30N4O. The first kappa shape index (κ1) is 16.5. The number of carbonyl (C=O) groups is 1. The van der Waals surface area contributed by atoms with Crippen LogP contribution in [0, 0.1) is 0 Å². The Labute approximate surface area is 139 Å². The van der Waals surface area contributed by atoms with Gasteiger partial charge in [-0.15, -0.1) is 0 Å². The van der Waals surface area contributed by atoms with Crippen molar-refractivity contribution in [3.05, 3.63) is 18.2 Å². The summed E-state index contributed by atoms with van der Waals surface area (Å²) in [7, 11) is 0. The number of piperidine rings is 2. The standard InChI is InChI=1S/C18H30N4O/c1-2-18(22-10-4-3-5-11-22)8-12-21(13-9-18)17(23)7-6-16-14-19-15-20-16/h14-15H,2-13H2,1H3,(H,19,20). The van der Waals surface area contributed by atoms with Crippen molar-refractivity contribution in [3.63, 3.8) is 0 Å². The molecule has 0 aliphatic carbocycles. The summed E-state index contributed by atoms with van der Waals surface area (Å²) >= 11 is 0. The molecule has 0 unspecified atom stereocenters. The number of aryl methyl sites for hydroxylation is 1. The highest BCUT2D eigenvalue weighted by Crippen LogP contribution is 2.34. The summed E-state index contributed by atoms with van der Waals surface area (Å²) < 4.78 is 0. The molecule has 2 fully saturated rings. The SMILES string of the molecule is CCC1(N2CCCCC2)CCN(C(=O)CCc2cnc[nH]2)CC1. The van der Waals surface area contributed by atoms with Crippen LogP contribution in [0.1, 0.15) is 57.6 Å². The van der Waals surface area contributed by atoms with E-state index in [1.54, 1.807) is 6.33 Å². The van der Waals surface area contributed by atoms with E-state index in [9.17, 15) is 4.79 Å². The first-order chi connectivity index (χ1) is 11.2. The molecule has 0 aromatic carbocycles. The number of aromatic nitrogens is 2. The highest BCUT2D eigenvalue weighted by Gasteiger charge is 2.39. The minimum absolute atomic E-state index is 0.294. The van der Waals surface area contributed by atoms with Crippen molar-refractivity contribution in [2.24, 2.45) is 0 Å². The first-order valence-electron chi connectivity index (χ1n) is 9.23. The Morgan fingerprint density at radius 2 is 1.96 bits per heavy atom. The molecule has 1 amide bonds. The maximum Gasteiger partial charge on any atom is 0.222 e. The first-order valence-corrected chi connectivity index (χ1v) is 9.23. The summed E-state index contributed by atoms with van der Waals surface area (Å²) in [6.07, 6.45) is 12.4. The van der Waals surface area contributed by atoms with Crippen LogP contribution in [-0.2, 0) is 11.2 Å². The van der Waals surface area contributed by atoms with E-state index in [-0.39, 0.29) is 0 Å². The lowest BCUT2D eigenvalue weighted by molar-refractivity contribution is -0.134. The molecule has 5 heteroatoms. The zero-order valence-corrected chi connectivity index (χ0v) is 14.4. The topological polar surface area (TPSA) is 52.2 Å². The summed E-state index contributed by atoms with van der Waals surface area (Å²) in [5, 5.41) is 0. The Hall–Kier alpha value is -1.36. The van der Waals surface area contributed by atoms with Crippen molar-refractivity contribution in [1.29, 1.82) is 0 Å². The van der Waals surface area contributed by atoms with Crippen molar-refractivity contribution in [2.45, 2.75) is 63.8 Å². The summed E-state index contributed by atoms with van der Waals surface area (Å²) in [5.41, 5.74) is 1.40. The lowest BCUT2D eigenvalue weighted by Crippen LogP contribution is -2.57. The fraction of sp³-hybridized carbons (Fsp3) is 0.778. The van der Waals surface area contributed by atoms with Gasteiger partial charge in [-0.3, -0.25) is 9.69 Å². The molecule has 5 nitrogen and oxygen atoms in total. The number of likely N-dealkylation sites (tertiary alicyclic amines) is 2. The summed E-state index contributed by atoms with van der Waals surface area (Å²) in [6.45, 7) is 6.67. The zero-order valence-electron chi connectivity index (χ0n) is 14.4. The number of hydrogen-bond acceptors (Lipinski definition) is 3. The van der Waals surface area contributed by atoms with E-state index in [2.05, 4.69) is 26.7 Å². The molecule has 1 N–H and O–H groups in total. The smallest absolute Gasteiger partial charge is 0.222 e. The minimum atomic E-state index is 0.294. The Bertz CT molecular complexity index is 485. The van der Waals surface area contributed by atoms with Crippen LogP contribution in [-0.4, -0.2) is 57.4 Å². The monoisotopic (exact) mass is 318 g/mol. The molecular weight excluding hydrogens is 288 g/mol.